The van der Waals surface area contributed by atoms with Crippen LogP contribution in [0.15, 0.2) is 82.0 Å². The summed E-state index contributed by atoms with van der Waals surface area (Å²) in [5.41, 5.74) is 0.661. The summed E-state index contributed by atoms with van der Waals surface area (Å²) in [7, 11) is 0. The van der Waals surface area contributed by atoms with Crippen LogP contribution in [0.5, 0.6) is 23.0 Å². The minimum atomic E-state index is -1.75. The Kier molecular flexibility index (Phi) is 8.13. The van der Waals surface area contributed by atoms with Crippen molar-refractivity contribution in [2.75, 3.05) is 6.61 Å². The number of hydrogen-bond donors (Lipinski definition) is 6. The largest absolute Gasteiger partial charge is 0.510 e. The molecule has 0 saturated carbocycles. The van der Waals surface area contributed by atoms with E-state index in [1.54, 1.807) is 12.1 Å². The third-order valence-corrected chi connectivity index (χ3v) is 6.55. The number of aromatic hydroxyl groups is 3. The molecule has 0 amide bonds. The van der Waals surface area contributed by atoms with Gasteiger partial charge in [0.2, 0.25) is 12.9 Å². The highest BCUT2D eigenvalue weighted by atomic mass is 16.7. The van der Waals surface area contributed by atoms with Gasteiger partial charge in [0.05, 0.1) is 11.6 Å². The predicted molar refractivity (Wildman–Crippen MR) is 148 cm³/mol. The van der Waals surface area contributed by atoms with Gasteiger partial charge in [0.15, 0.2) is 23.0 Å². The zero-order valence-corrected chi connectivity index (χ0v) is 21.8. The second-order valence-electron chi connectivity index (χ2n) is 9.55. The lowest BCUT2D eigenvalue weighted by atomic mass is 9.99. The van der Waals surface area contributed by atoms with E-state index < -0.39 is 48.7 Å². The Bertz CT molecular complexity index is 1610. The van der Waals surface area contributed by atoms with Gasteiger partial charge in [-0.25, -0.2) is 0 Å². The van der Waals surface area contributed by atoms with Crippen LogP contribution in [0.4, 0.5) is 0 Å². The summed E-state index contributed by atoms with van der Waals surface area (Å²) in [6.07, 6.45) is -5.22. The van der Waals surface area contributed by atoms with Crippen molar-refractivity contribution in [2.24, 2.45) is 0 Å². The molecule has 5 atom stereocenters. The van der Waals surface area contributed by atoms with Crippen molar-refractivity contribution in [1.29, 1.82) is 0 Å². The first kappa shape index (κ1) is 28.6. The smallest absolute Gasteiger partial charge is 0.508 e. The first-order valence-electron chi connectivity index (χ1n) is 12.7. The topological polar surface area (TPSA) is 201 Å². The van der Waals surface area contributed by atoms with E-state index in [1.807, 2.05) is 0 Å². The molecular weight excluding hydrogens is 552 g/mol. The van der Waals surface area contributed by atoms with E-state index in [9.17, 15) is 40.2 Å². The van der Waals surface area contributed by atoms with Gasteiger partial charge in [-0.05, 0) is 54.1 Å². The van der Waals surface area contributed by atoms with Gasteiger partial charge in [-0.2, -0.15) is 0 Å². The van der Waals surface area contributed by atoms with Crippen molar-refractivity contribution >= 4 is 12.0 Å². The Morgan fingerprint density at radius 1 is 0.881 bits per heavy atom. The molecule has 2 heterocycles. The van der Waals surface area contributed by atoms with E-state index in [4.69, 9.17) is 18.6 Å². The normalized spacial score (nSPS) is 22.3. The van der Waals surface area contributed by atoms with E-state index in [1.165, 1.54) is 60.7 Å². The maximum Gasteiger partial charge on any atom is 0.510 e. The van der Waals surface area contributed by atoms with Crippen LogP contribution >= 0.6 is 0 Å². The second-order valence-corrected chi connectivity index (χ2v) is 9.55. The van der Waals surface area contributed by atoms with Gasteiger partial charge in [-0.3, -0.25) is 4.79 Å². The molecular formula is C30H27O12+. The van der Waals surface area contributed by atoms with Crippen molar-refractivity contribution < 1.29 is 54.1 Å². The van der Waals surface area contributed by atoms with Crippen molar-refractivity contribution in [2.45, 2.75) is 30.7 Å². The molecule has 2 aromatic carbocycles. The molecule has 1 aliphatic carbocycles. The fourth-order valence-corrected chi connectivity index (χ4v) is 4.32. The van der Waals surface area contributed by atoms with Crippen LogP contribution in [0.2, 0.25) is 0 Å². The zero-order chi connectivity index (χ0) is 30.0. The van der Waals surface area contributed by atoms with Crippen LogP contribution in [0.1, 0.15) is 5.56 Å². The van der Waals surface area contributed by atoms with Crippen molar-refractivity contribution in [3.8, 4) is 45.6 Å². The van der Waals surface area contributed by atoms with E-state index in [-0.39, 0.29) is 40.1 Å². The molecule has 0 bridgehead atoms. The number of aliphatic hydroxyl groups excluding tert-OH is 3. The number of esters is 1. The number of ether oxygens (including phenoxy) is 3. The molecule has 0 aromatic heterocycles. The van der Waals surface area contributed by atoms with Crippen molar-refractivity contribution in [3.63, 3.8) is 0 Å². The van der Waals surface area contributed by atoms with Gasteiger partial charge in [0.25, 0.3) is 0 Å². The molecule has 7 N–H and O–H groups in total. The molecule has 1 fully saturated rings. The lowest BCUT2D eigenvalue weighted by Crippen LogP contribution is -2.60. The van der Waals surface area contributed by atoms with E-state index in [0.29, 0.717) is 11.1 Å². The maximum atomic E-state index is 11.9. The predicted octanol–water partition coefficient (Wildman–Crippen LogP) is 1.95. The number of carbonyl (C=O) groups excluding carboxylic acids is 1. The summed E-state index contributed by atoms with van der Waals surface area (Å²) >= 11 is 0. The van der Waals surface area contributed by atoms with Gasteiger partial charge in [0.1, 0.15) is 41.3 Å². The third kappa shape index (κ3) is 6.21. The Morgan fingerprint density at radius 3 is 2.24 bits per heavy atom. The minimum Gasteiger partial charge on any atom is -0.508 e. The van der Waals surface area contributed by atoms with Crippen LogP contribution in [0, 0.1) is 0 Å². The van der Waals surface area contributed by atoms with Crippen LogP contribution in [0.25, 0.3) is 28.7 Å². The van der Waals surface area contributed by atoms with Gasteiger partial charge in [-0.1, -0.05) is 12.1 Å². The number of fused-ring (bicyclic) bond motifs is 1. The standard InChI is InChI=1S/C30H26O12/c31-17-6-1-15(2-7-17)3-10-25(35)39-14-24-26(36)27(37)28(38)30(42-24)41-23-13-20-21(34)11-19(33)12-22(20)40-29(23)16-4-8-18(32)9-5-16/h1-13,24,26-28,30-32,34,36-38H,14H2/p+1. The van der Waals surface area contributed by atoms with Crippen LogP contribution in [-0.4, -0.2) is 78.7 Å². The third-order valence-electron chi connectivity index (χ3n) is 6.55. The fourth-order valence-electron chi connectivity index (χ4n) is 4.32. The van der Waals surface area contributed by atoms with E-state index >= 15 is 0 Å². The van der Waals surface area contributed by atoms with Crippen LogP contribution < -0.4 is 10.2 Å². The molecule has 2 aliphatic heterocycles. The Hall–Kier alpha value is -4.88. The quantitative estimate of drug-likeness (QED) is 0.106. The molecule has 2 aromatic rings. The van der Waals surface area contributed by atoms with Crippen molar-refractivity contribution in [3.05, 3.63) is 88.6 Å². The van der Waals surface area contributed by atoms with E-state index in [2.05, 4.69) is 0 Å². The Morgan fingerprint density at radius 2 is 1.55 bits per heavy atom. The number of phenols is 3. The van der Waals surface area contributed by atoms with Crippen molar-refractivity contribution in [1.82, 2.24) is 0 Å². The number of hydrogen-bond acceptors (Lipinski definition) is 11. The number of phenolic OH excluding ortho intramolecular Hbond substituents is 3. The van der Waals surface area contributed by atoms with Gasteiger partial charge < -0.3 is 54.1 Å². The summed E-state index contributed by atoms with van der Waals surface area (Å²) in [6, 6.07) is 15.4. The highest BCUT2D eigenvalue weighted by Crippen LogP contribution is 2.41. The Balaban J connectivity index is 1.38. The molecule has 12 heteroatoms. The highest BCUT2D eigenvalue weighted by molar-refractivity contribution is 5.88. The first-order chi connectivity index (χ1) is 20.1. The number of benzene rings is 3. The van der Waals surface area contributed by atoms with Gasteiger partial charge >= 0.3 is 5.97 Å². The first-order valence-corrected chi connectivity index (χ1v) is 12.7. The second kappa shape index (κ2) is 11.9. The highest BCUT2D eigenvalue weighted by Gasteiger charge is 2.47. The summed E-state index contributed by atoms with van der Waals surface area (Å²) in [5, 5.41) is 61.1. The van der Waals surface area contributed by atoms with Gasteiger partial charge in [-0.15, -0.1) is 0 Å². The van der Waals surface area contributed by atoms with Crippen LogP contribution in [0.3, 0.4) is 0 Å². The SMILES string of the molecule is O=c1cc2oc(-c3ccc(O)cc3)c(OC3OC(COC(=[OH+])C=Cc4ccc(O)cc4)C(O)C(O)C3O)cc-2c(O)c1. The fraction of sp³-hybridized carbons (Fsp3) is 0.200. The molecule has 5 unspecified atom stereocenters. The minimum absolute atomic E-state index is 0.0227. The maximum absolute atomic E-state index is 11.9. The molecule has 0 radical (unpaired) electrons. The van der Waals surface area contributed by atoms with Gasteiger partial charge in [0, 0.05) is 17.7 Å². The molecule has 1 saturated heterocycles. The number of aliphatic hydroxyl groups is 3. The molecule has 42 heavy (non-hydrogen) atoms. The zero-order valence-electron chi connectivity index (χ0n) is 21.8. The van der Waals surface area contributed by atoms with Crippen LogP contribution in [-0.2, 0) is 9.47 Å². The monoisotopic (exact) mass is 579 g/mol. The summed E-state index contributed by atoms with van der Waals surface area (Å²) < 4.78 is 22.8. The molecule has 3 aliphatic rings. The molecule has 5 rings (SSSR count). The summed E-state index contributed by atoms with van der Waals surface area (Å²) in [6.45, 7) is -0.448. The summed E-state index contributed by atoms with van der Waals surface area (Å²) in [5.74, 6) is -0.852. The lowest BCUT2D eigenvalue weighted by molar-refractivity contribution is -0.276. The number of rotatable bonds is 7. The summed E-state index contributed by atoms with van der Waals surface area (Å²) in [4.78, 5) is 22.1. The molecule has 12 nitrogen and oxygen atoms in total. The van der Waals surface area contributed by atoms with E-state index in [0.717, 1.165) is 6.07 Å². The molecule has 0 spiro atoms. The lowest BCUT2D eigenvalue weighted by Gasteiger charge is -2.39. The average Bonchev–Trinajstić information content (AvgIpc) is 2.97. The Labute approximate surface area is 237 Å². The average molecular weight is 580 g/mol. The molecule has 218 valence electrons.